The lowest BCUT2D eigenvalue weighted by atomic mass is 10.1. The average molecular weight is 444 g/mol. The van der Waals surface area contributed by atoms with Crippen LogP contribution >= 0.6 is 11.8 Å². The van der Waals surface area contributed by atoms with Crippen molar-refractivity contribution >= 4 is 23.9 Å². The van der Waals surface area contributed by atoms with Crippen molar-refractivity contribution in [2.75, 3.05) is 5.75 Å². The fourth-order valence-corrected chi connectivity index (χ4v) is 3.71. The highest BCUT2D eigenvalue weighted by Crippen LogP contribution is 2.28. The smallest absolute Gasteiger partial charge is 0.250 e. The molecule has 0 radical (unpaired) electrons. The Balaban J connectivity index is 1.49. The molecule has 4 rings (SSSR count). The molecule has 0 aliphatic heterocycles. The zero-order chi connectivity index (χ0) is 22.3. The molecule has 0 unspecified atom stereocenters. The molecule has 0 aliphatic rings. The number of nitrogens with zero attached hydrogens (tertiary/aromatic N) is 4. The van der Waals surface area contributed by atoms with Crippen molar-refractivity contribution in [1.29, 1.82) is 0 Å². The number of aryl methyl sites for hydroxylation is 1. The van der Waals surface area contributed by atoms with Gasteiger partial charge >= 0.3 is 0 Å². The molecule has 0 spiro atoms. The Bertz CT molecular complexity index is 1220. The number of rotatable bonds is 7. The van der Waals surface area contributed by atoms with E-state index in [1.54, 1.807) is 24.3 Å². The van der Waals surface area contributed by atoms with Gasteiger partial charge in [0.2, 0.25) is 0 Å². The predicted molar refractivity (Wildman–Crippen MR) is 126 cm³/mol. The van der Waals surface area contributed by atoms with Crippen molar-refractivity contribution in [1.82, 2.24) is 20.2 Å². The van der Waals surface area contributed by atoms with E-state index < -0.39 is 0 Å². The third-order valence-corrected chi connectivity index (χ3v) is 5.51. The summed E-state index contributed by atoms with van der Waals surface area (Å²) < 4.78 is 1.95. The van der Waals surface area contributed by atoms with Crippen molar-refractivity contribution in [3.63, 3.8) is 0 Å². The lowest BCUT2D eigenvalue weighted by Gasteiger charge is -2.10. The monoisotopic (exact) mass is 443 g/mol. The van der Waals surface area contributed by atoms with Gasteiger partial charge in [-0.15, -0.1) is 10.2 Å². The minimum Gasteiger partial charge on any atom is -0.508 e. The number of amides is 1. The van der Waals surface area contributed by atoms with Crippen molar-refractivity contribution in [2.45, 2.75) is 12.1 Å². The summed E-state index contributed by atoms with van der Waals surface area (Å²) in [6.45, 7) is 2.04. The molecule has 0 atom stereocenters. The zero-order valence-electron chi connectivity index (χ0n) is 17.3. The second kappa shape index (κ2) is 9.93. The second-order valence-electron chi connectivity index (χ2n) is 7.02. The quantitative estimate of drug-likeness (QED) is 0.254. The fourth-order valence-electron chi connectivity index (χ4n) is 2.96. The molecule has 4 aromatic rings. The first-order valence-electron chi connectivity index (χ1n) is 9.92. The van der Waals surface area contributed by atoms with Crippen molar-refractivity contribution < 1.29 is 9.90 Å². The van der Waals surface area contributed by atoms with Crippen molar-refractivity contribution in [3.05, 3.63) is 90.0 Å². The van der Waals surface area contributed by atoms with E-state index in [0.717, 1.165) is 16.8 Å². The van der Waals surface area contributed by atoms with Crippen molar-refractivity contribution in [2.24, 2.45) is 5.10 Å². The first-order valence-corrected chi connectivity index (χ1v) is 10.9. The van der Waals surface area contributed by atoms with Crippen LogP contribution in [0.2, 0.25) is 0 Å². The molecule has 1 amide bonds. The molecular formula is C24H21N5O2S. The van der Waals surface area contributed by atoms with Gasteiger partial charge in [-0.25, -0.2) is 5.43 Å². The van der Waals surface area contributed by atoms with Crippen LogP contribution in [0, 0.1) is 6.92 Å². The number of aromatic hydroxyl groups is 1. The fraction of sp³-hybridized carbons (Fsp3) is 0.0833. The van der Waals surface area contributed by atoms with E-state index in [1.165, 1.54) is 23.5 Å². The maximum Gasteiger partial charge on any atom is 0.250 e. The summed E-state index contributed by atoms with van der Waals surface area (Å²) in [7, 11) is 0. The number of nitrogens with one attached hydrogen (secondary N) is 1. The van der Waals surface area contributed by atoms with E-state index in [2.05, 4.69) is 20.7 Å². The van der Waals surface area contributed by atoms with E-state index in [-0.39, 0.29) is 17.4 Å². The van der Waals surface area contributed by atoms with Crippen molar-refractivity contribution in [3.8, 4) is 22.8 Å². The summed E-state index contributed by atoms with van der Waals surface area (Å²) in [5.74, 6) is 0.760. The van der Waals surface area contributed by atoms with Gasteiger partial charge in [0, 0.05) is 11.3 Å². The average Bonchev–Trinajstić information content (AvgIpc) is 3.24. The molecule has 0 bridgehead atoms. The highest BCUT2D eigenvalue weighted by atomic mass is 32.2. The summed E-state index contributed by atoms with van der Waals surface area (Å²) in [6, 6.07) is 24.4. The zero-order valence-corrected chi connectivity index (χ0v) is 18.2. The summed E-state index contributed by atoms with van der Waals surface area (Å²) in [6.07, 6.45) is 1.52. The molecule has 2 N–H and O–H groups in total. The van der Waals surface area contributed by atoms with Gasteiger partial charge in [-0.05, 0) is 48.9 Å². The number of hydrazone groups is 1. The molecule has 1 heterocycles. The van der Waals surface area contributed by atoms with Gasteiger partial charge in [-0.1, -0.05) is 59.8 Å². The lowest BCUT2D eigenvalue weighted by Crippen LogP contribution is -2.20. The van der Waals surface area contributed by atoms with E-state index in [0.29, 0.717) is 11.0 Å². The van der Waals surface area contributed by atoms with E-state index >= 15 is 0 Å². The Morgan fingerprint density at radius 1 is 1.03 bits per heavy atom. The van der Waals surface area contributed by atoms with Crippen LogP contribution in [0.4, 0.5) is 0 Å². The van der Waals surface area contributed by atoms with Crippen LogP contribution in [0.5, 0.6) is 5.75 Å². The molecule has 0 saturated carbocycles. The van der Waals surface area contributed by atoms with Gasteiger partial charge in [0.25, 0.3) is 5.91 Å². The molecule has 8 heteroatoms. The Morgan fingerprint density at radius 3 is 2.47 bits per heavy atom. The van der Waals surface area contributed by atoms with Crippen LogP contribution in [0.15, 0.2) is 89.1 Å². The van der Waals surface area contributed by atoms with Crippen LogP contribution in [-0.4, -0.2) is 37.7 Å². The number of carbonyl (C=O) groups is 1. The Kier molecular flexibility index (Phi) is 6.62. The minimum absolute atomic E-state index is 0.131. The highest BCUT2D eigenvalue weighted by Gasteiger charge is 2.17. The van der Waals surface area contributed by atoms with Crippen LogP contribution in [0.25, 0.3) is 17.1 Å². The third-order valence-electron chi connectivity index (χ3n) is 4.59. The molecule has 160 valence electrons. The maximum absolute atomic E-state index is 12.3. The standard InChI is InChI=1S/C24H21N5O2S/c1-17-7-11-19(12-8-17)23-27-28-24(29(23)20-5-3-2-4-6-20)32-16-22(31)26-25-15-18-9-13-21(30)14-10-18/h2-15,30H,16H2,1H3,(H,26,31)/b25-15-. The number of benzene rings is 3. The number of phenols is 1. The van der Waals surface area contributed by atoms with Gasteiger partial charge in [-0.2, -0.15) is 5.10 Å². The first kappa shape index (κ1) is 21.3. The number of para-hydroxylation sites is 1. The van der Waals surface area contributed by atoms with Gasteiger partial charge in [0.05, 0.1) is 12.0 Å². The van der Waals surface area contributed by atoms with Crippen LogP contribution in [0.3, 0.4) is 0 Å². The van der Waals surface area contributed by atoms with E-state index in [1.807, 2.05) is 66.1 Å². The largest absolute Gasteiger partial charge is 0.508 e. The SMILES string of the molecule is Cc1ccc(-c2nnc(SCC(=O)N/N=C\c3ccc(O)cc3)n2-c2ccccc2)cc1. The Labute approximate surface area is 189 Å². The van der Waals surface area contributed by atoms with Gasteiger partial charge in [0.1, 0.15) is 5.75 Å². The number of hydrogen-bond donors (Lipinski definition) is 2. The lowest BCUT2D eigenvalue weighted by molar-refractivity contribution is -0.118. The highest BCUT2D eigenvalue weighted by molar-refractivity contribution is 7.99. The maximum atomic E-state index is 12.3. The number of carbonyl (C=O) groups excluding carboxylic acids is 1. The van der Waals surface area contributed by atoms with E-state index in [9.17, 15) is 9.90 Å². The van der Waals surface area contributed by atoms with Gasteiger partial charge in [-0.3, -0.25) is 9.36 Å². The van der Waals surface area contributed by atoms with E-state index in [4.69, 9.17) is 0 Å². The summed E-state index contributed by atoms with van der Waals surface area (Å²) >= 11 is 1.29. The molecule has 7 nitrogen and oxygen atoms in total. The topological polar surface area (TPSA) is 92.4 Å². The molecule has 0 fully saturated rings. The molecule has 1 aromatic heterocycles. The summed E-state index contributed by atoms with van der Waals surface area (Å²) in [5.41, 5.74) is 6.31. The third kappa shape index (κ3) is 5.22. The molecule has 0 saturated heterocycles. The minimum atomic E-state index is -0.260. The van der Waals surface area contributed by atoms with Crippen LogP contribution in [-0.2, 0) is 4.79 Å². The van der Waals surface area contributed by atoms with Crippen LogP contribution < -0.4 is 5.43 Å². The number of phenolic OH excluding ortho intramolecular Hbond substituents is 1. The Morgan fingerprint density at radius 2 is 1.75 bits per heavy atom. The normalized spacial score (nSPS) is 11.0. The van der Waals surface area contributed by atoms with Gasteiger partial charge < -0.3 is 5.11 Å². The molecular weight excluding hydrogens is 422 g/mol. The molecule has 3 aromatic carbocycles. The summed E-state index contributed by atoms with van der Waals surface area (Å²) in [4.78, 5) is 12.3. The number of thioether (sulfide) groups is 1. The van der Waals surface area contributed by atoms with Crippen LogP contribution in [0.1, 0.15) is 11.1 Å². The van der Waals surface area contributed by atoms with Gasteiger partial charge in [0.15, 0.2) is 11.0 Å². The Hall–Kier alpha value is -3.91. The predicted octanol–water partition coefficient (Wildman–Crippen LogP) is 4.19. The first-order chi connectivity index (χ1) is 15.6. The second-order valence-corrected chi connectivity index (χ2v) is 7.96. The number of hydrogen-bond acceptors (Lipinski definition) is 6. The molecule has 32 heavy (non-hydrogen) atoms. The number of aromatic nitrogens is 3. The summed E-state index contributed by atoms with van der Waals surface area (Å²) in [5, 5.41) is 22.6. The molecule has 0 aliphatic carbocycles.